The van der Waals surface area contributed by atoms with E-state index in [9.17, 15) is 14.9 Å². The molecule has 0 radical (unpaired) electrons. The average molecular weight is 395 g/mol. The molecule has 1 aliphatic rings. The summed E-state index contributed by atoms with van der Waals surface area (Å²) in [4.78, 5) is 25.4. The number of aryl methyl sites for hydroxylation is 4. The minimum Gasteiger partial charge on any atom is -0.308 e. The minimum absolute atomic E-state index is 0.448. The van der Waals surface area contributed by atoms with Gasteiger partial charge in [-0.3, -0.25) is 9.59 Å². The Hall–Kier alpha value is -2.98. The highest BCUT2D eigenvalue weighted by Gasteiger charge is 2.23. The number of rotatable bonds is 3. The summed E-state index contributed by atoms with van der Waals surface area (Å²) in [5.74, 6) is -1.70. The van der Waals surface area contributed by atoms with Gasteiger partial charge in [0.1, 0.15) is 11.1 Å². The Morgan fingerprint density at radius 1 is 1.14 bits per heavy atom. The maximum atomic E-state index is 12.2. The number of nitrogens with one attached hydrogen (secondary N) is 2. The molecule has 0 saturated heterocycles. The molecular formula is C21H22N4O2S. The van der Waals surface area contributed by atoms with Gasteiger partial charge in [0, 0.05) is 10.4 Å². The SMILES string of the molecule is Cc1cc(C)c(C=NNC(=O)C(=O)Nc2sc3c(c2C#N)CCCC3)c(C)c1. The first-order valence-electron chi connectivity index (χ1n) is 9.17. The number of nitrogens with zero attached hydrogens (tertiary/aromatic N) is 2. The van der Waals surface area contributed by atoms with Crippen molar-refractivity contribution in [2.75, 3.05) is 5.32 Å². The Kier molecular flexibility index (Phi) is 5.90. The fraction of sp³-hybridized carbons (Fsp3) is 0.333. The van der Waals surface area contributed by atoms with Crippen LogP contribution in [-0.2, 0) is 22.4 Å². The van der Waals surface area contributed by atoms with E-state index in [-0.39, 0.29) is 0 Å². The fourth-order valence-corrected chi connectivity index (χ4v) is 4.77. The summed E-state index contributed by atoms with van der Waals surface area (Å²) in [6.07, 6.45) is 5.42. The number of carbonyl (C=O) groups excluding carboxylic acids is 2. The van der Waals surface area contributed by atoms with E-state index in [1.807, 2.05) is 32.9 Å². The molecule has 2 amide bonds. The lowest BCUT2D eigenvalue weighted by Crippen LogP contribution is -2.32. The van der Waals surface area contributed by atoms with E-state index < -0.39 is 11.8 Å². The third kappa shape index (κ3) is 4.12. The van der Waals surface area contributed by atoms with Gasteiger partial charge in [0.2, 0.25) is 0 Å². The molecule has 1 aromatic carbocycles. The Morgan fingerprint density at radius 3 is 2.50 bits per heavy atom. The first kappa shape index (κ1) is 19.8. The van der Waals surface area contributed by atoms with Crippen molar-refractivity contribution in [3.63, 3.8) is 0 Å². The normalized spacial score (nSPS) is 13.1. The summed E-state index contributed by atoms with van der Waals surface area (Å²) < 4.78 is 0. The topological polar surface area (TPSA) is 94.3 Å². The van der Waals surface area contributed by atoms with Crippen LogP contribution in [0, 0.1) is 32.1 Å². The summed E-state index contributed by atoms with van der Waals surface area (Å²) in [7, 11) is 0. The number of nitriles is 1. The standard InChI is InChI=1S/C21H22N4O2S/c1-12-8-13(2)17(14(3)9-12)11-23-25-20(27)19(26)24-21-16(10-22)15-6-4-5-7-18(15)28-21/h8-9,11H,4-7H2,1-3H3,(H,24,26)(H,25,27). The van der Waals surface area contributed by atoms with Crippen LogP contribution in [-0.4, -0.2) is 18.0 Å². The zero-order chi connectivity index (χ0) is 20.3. The molecule has 7 heteroatoms. The van der Waals surface area contributed by atoms with Gasteiger partial charge in [-0.05, 0) is 63.1 Å². The fourth-order valence-electron chi connectivity index (χ4n) is 3.53. The Morgan fingerprint density at radius 2 is 1.82 bits per heavy atom. The second-order valence-electron chi connectivity index (χ2n) is 6.99. The highest BCUT2D eigenvalue weighted by molar-refractivity contribution is 7.16. The molecule has 2 N–H and O–H groups in total. The van der Waals surface area contributed by atoms with Crippen molar-refractivity contribution in [3.05, 3.63) is 50.4 Å². The van der Waals surface area contributed by atoms with Gasteiger partial charge in [-0.25, -0.2) is 5.43 Å². The lowest BCUT2D eigenvalue weighted by atomic mass is 9.96. The summed E-state index contributed by atoms with van der Waals surface area (Å²) in [6.45, 7) is 5.96. The van der Waals surface area contributed by atoms with Gasteiger partial charge in [-0.2, -0.15) is 10.4 Å². The first-order chi connectivity index (χ1) is 13.4. The Bertz CT molecular complexity index is 991. The maximum Gasteiger partial charge on any atom is 0.329 e. The second kappa shape index (κ2) is 8.36. The highest BCUT2D eigenvalue weighted by Crippen LogP contribution is 2.37. The van der Waals surface area contributed by atoms with Crippen LogP contribution in [0.3, 0.4) is 0 Å². The van der Waals surface area contributed by atoms with Crippen LogP contribution < -0.4 is 10.7 Å². The van der Waals surface area contributed by atoms with Crippen molar-refractivity contribution in [1.82, 2.24) is 5.43 Å². The molecule has 0 spiro atoms. The molecule has 0 fully saturated rings. The molecule has 28 heavy (non-hydrogen) atoms. The average Bonchev–Trinajstić information content (AvgIpc) is 3.00. The number of hydrogen-bond donors (Lipinski definition) is 2. The number of thiophene rings is 1. The zero-order valence-electron chi connectivity index (χ0n) is 16.2. The van der Waals surface area contributed by atoms with Crippen LogP contribution in [0.25, 0.3) is 0 Å². The largest absolute Gasteiger partial charge is 0.329 e. The van der Waals surface area contributed by atoms with E-state index in [1.165, 1.54) is 11.3 Å². The van der Waals surface area contributed by atoms with Crippen LogP contribution in [0.15, 0.2) is 17.2 Å². The van der Waals surface area contributed by atoms with E-state index in [4.69, 9.17) is 0 Å². The molecule has 0 unspecified atom stereocenters. The van der Waals surface area contributed by atoms with Crippen molar-refractivity contribution in [1.29, 1.82) is 5.26 Å². The number of benzene rings is 1. The number of carbonyl (C=O) groups is 2. The molecule has 144 valence electrons. The zero-order valence-corrected chi connectivity index (χ0v) is 17.0. The summed E-state index contributed by atoms with van der Waals surface area (Å²) in [6, 6.07) is 6.23. The van der Waals surface area contributed by atoms with Gasteiger partial charge in [-0.1, -0.05) is 17.7 Å². The monoisotopic (exact) mass is 394 g/mol. The molecule has 2 aromatic rings. The molecule has 1 aromatic heterocycles. The highest BCUT2D eigenvalue weighted by atomic mass is 32.1. The third-order valence-corrected chi connectivity index (χ3v) is 6.02. The molecule has 0 atom stereocenters. The Labute approximate surface area is 168 Å². The summed E-state index contributed by atoms with van der Waals surface area (Å²) in [5.41, 5.74) is 7.90. The predicted molar refractivity (Wildman–Crippen MR) is 111 cm³/mol. The van der Waals surface area contributed by atoms with Crippen LogP contribution in [0.5, 0.6) is 0 Å². The van der Waals surface area contributed by atoms with Crippen molar-refractivity contribution >= 4 is 34.4 Å². The molecule has 6 nitrogen and oxygen atoms in total. The molecular weight excluding hydrogens is 372 g/mol. The van der Waals surface area contributed by atoms with Gasteiger partial charge in [-0.15, -0.1) is 11.3 Å². The van der Waals surface area contributed by atoms with Crippen LogP contribution in [0.2, 0.25) is 0 Å². The third-order valence-electron chi connectivity index (χ3n) is 4.81. The molecule has 0 saturated carbocycles. The van der Waals surface area contributed by atoms with Crippen LogP contribution >= 0.6 is 11.3 Å². The molecule has 3 rings (SSSR count). The van der Waals surface area contributed by atoms with Gasteiger partial charge in [0.05, 0.1) is 11.8 Å². The van der Waals surface area contributed by atoms with E-state index >= 15 is 0 Å². The summed E-state index contributed by atoms with van der Waals surface area (Å²) >= 11 is 1.39. The van der Waals surface area contributed by atoms with Crippen LogP contribution in [0.4, 0.5) is 5.00 Å². The van der Waals surface area contributed by atoms with E-state index in [0.717, 1.165) is 58.4 Å². The molecule has 1 heterocycles. The van der Waals surface area contributed by atoms with E-state index in [2.05, 4.69) is 21.9 Å². The van der Waals surface area contributed by atoms with Gasteiger partial charge in [0.15, 0.2) is 0 Å². The summed E-state index contributed by atoms with van der Waals surface area (Å²) in [5, 5.41) is 16.4. The van der Waals surface area contributed by atoms with Crippen LogP contribution in [0.1, 0.15) is 51.1 Å². The number of amides is 2. The predicted octanol–water partition coefficient (Wildman–Crippen LogP) is 3.51. The number of fused-ring (bicyclic) bond motifs is 1. The van der Waals surface area contributed by atoms with Crippen molar-refractivity contribution in [2.24, 2.45) is 5.10 Å². The van der Waals surface area contributed by atoms with Crippen molar-refractivity contribution in [2.45, 2.75) is 46.5 Å². The van der Waals surface area contributed by atoms with Gasteiger partial charge in [0.25, 0.3) is 0 Å². The number of hydrogen-bond acceptors (Lipinski definition) is 5. The first-order valence-corrected chi connectivity index (χ1v) is 9.99. The lowest BCUT2D eigenvalue weighted by Gasteiger charge is -2.09. The molecule has 1 aliphatic carbocycles. The molecule has 0 bridgehead atoms. The lowest BCUT2D eigenvalue weighted by molar-refractivity contribution is -0.136. The number of anilines is 1. The van der Waals surface area contributed by atoms with Gasteiger partial charge >= 0.3 is 11.8 Å². The number of hydrazone groups is 1. The van der Waals surface area contributed by atoms with Crippen molar-refractivity contribution < 1.29 is 9.59 Å². The minimum atomic E-state index is -0.867. The smallest absolute Gasteiger partial charge is 0.308 e. The van der Waals surface area contributed by atoms with E-state index in [0.29, 0.717) is 10.6 Å². The Balaban J connectivity index is 1.67. The maximum absolute atomic E-state index is 12.2. The van der Waals surface area contributed by atoms with E-state index in [1.54, 1.807) is 6.21 Å². The molecule has 0 aliphatic heterocycles. The van der Waals surface area contributed by atoms with Crippen molar-refractivity contribution in [3.8, 4) is 6.07 Å². The second-order valence-corrected chi connectivity index (χ2v) is 8.10. The van der Waals surface area contributed by atoms with Gasteiger partial charge < -0.3 is 5.32 Å². The quantitative estimate of drug-likeness (QED) is 0.474.